The molecule has 1 aromatic carbocycles. The van der Waals surface area contributed by atoms with Crippen LogP contribution in [0.3, 0.4) is 0 Å². The van der Waals surface area contributed by atoms with Gasteiger partial charge in [-0.3, -0.25) is 19.2 Å². The SMILES string of the molecule is CC(C)C(NC(=O)C1Cc2c(C(C)(C)C)c[nH]c2C1=O)C(=O)NC(CC(=O)[OH2+])C(=O)COc1ccc(Cl)cc1. The number of fused-ring (bicyclic) bond motifs is 1. The molecule has 2 amide bonds. The lowest BCUT2D eigenvalue weighted by molar-refractivity contribution is -0.141. The van der Waals surface area contributed by atoms with E-state index in [9.17, 15) is 24.0 Å². The Morgan fingerprint density at radius 1 is 1.13 bits per heavy atom. The molecule has 0 radical (unpaired) electrons. The number of carbonyl (C=O) groups excluding carboxylic acids is 5. The molecule has 3 rings (SSSR count). The Morgan fingerprint density at radius 3 is 2.33 bits per heavy atom. The highest BCUT2D eigenvalue weighted by atomic mass is 35.5. The van der Waals surface area contributed by atoms with E-state index in [2.05, 4.69) is 15.6 Å². The molecule has 210 valence electrons. The minimum atomic E-state index is -1.32. The van der Waals surface area contributed by atoms with E-state index in [1.54, 1.807) is 44.3 Å². The Morgan fingerprint density at radius 2 is 1.77 bits per heavy atom. The van der Waals surface area contributed by atoms with Gasteiger partial charge < -0.3 is 25.5 Å². The second kappa shape index (κ2) is 12.0. The second-order valence-corrected chi connectivity index (χ2v) is 11.5. The van der Waals surface area contributed by atoms with Crippen molar-refractivity contribution in [3.63, 3.8) is 0 Å². The average molecular weight is 561 g/mol. The van der Waals surface area contributed by atoms with Crippen LogP contribution in [0.1, 0.15) is 62.7 Å². The van der Waals surface area contributed by atoms with Crippen LogP contribution in [0.2, 0.25) is 5.02 Å². The maximum atomic E-state index is 13.2. The summed E-state index contributed by atoms with van der Waals surface area (Å²) in [6, 6.07) is 3.88. The van der Waals surface area contributed by atoms with Gasteiger partial charge in [-0.05, 0) is 53.1 Å². The highest BCUT2D eigenvalue weighted by molar-refractivity contribution is 6.30. The largest absolute Gasteiger partial charge is 0.565 e. The number of ether oxygens (including phenoxy) is 1. The molecule has 10 nitrogen and oxygen atoms in total. The van der Waals surface area contributed by atoms with E-state index in [4.69, 9.17) is 21.4 Å². The zero-order valence-electron chi connectivity index (χ0n) is 22.6. The third-order valence-electron chi connectivity index (χ3n) is 6.62. The molecule has 1 aliphatic rings. The fourth-order valence-corrected chi connectivity index (χ4v) is 4.63. The van der Waals surface area contributed by atoms with E-state index in [1.807, 2.05) is 20.8 Å². The number of amides is 2. The van der Waals surface area contributed by atoms with Crippen molar-refractivity contribution in [2.45, 2.75) is 65.0 Å². The summed E-state index contributed by atoms with van der Waals surface area (Å²) in [5.41, 5.74) is 1.95. The van der Waals surface area contributed by atoms with Gasteiger partial charge >= 0.3 is 5.97 Å². The quantitative estimate of drug-likeness (QED) is 0.282. The summed E-state index contributed by atoms with van der Waals surface area (Å²) >= 11 is 5.84. The Bertz CT molecular complexity index is 1260. The predicted octanol–water partition coefficient (Wildman–Crippen LogP) is 2.24. The smallest absolute Gasteiger partial charge is 0.518 e. The number of aromatic nitrogens is 1. The van der Waals surface area contributed by atoms with E-state index in [-0.39, 0.29) is 17.6 Å². The highest BCUT2D eigenvalue weighted by Gasteiger charge is 2.42. The molecule has 3 unspecified atom stereocenters. The molecule has 1 heterocycles. The van der Waals surface area contributed by atoms with Gasteiger partial charge in [0.1, 0.15) is 36.8 Å². The molecule has 0 fully saturated rings. The number of aromatic amines is 1. The van der Waals surface area contributed by atoms with Crippen molar-refractivity contribution in [3.05, 3.63) is 52.3 Å². The van der Waals surface area contributed by atoms with Crippen molar-refractivity contribution in [2.75, 3.05) is 6.61 Å². The average Bonchev–Trinajstić information content (AvgIpc) is 3.41. The maximum absolute atomic E-state index is 13.2. The van der Waals surface area contributed by atoms with Crippen LogP contribution < -0.4 is 15.4 Å². The Hall–Kier alpha value is -3.66. The summed E-state index contributed by atoms with van der Waals surface area (Å²) in [5, 5.41) is 12.9. The van der Waals surface area contributed by atoms with Gasteiger partial charge in [0.25, 0.3) is 0 Å². The molecule has 1 aliphatic carbocycles. The van der Waals surface area contributed by atoms with Crippen LogP contribution >= 0.6 is 11.6 Å². The number of hydrogen-bond donors (Lipinski definition) is 3. The number of halogens is 1. The zero-order chi connectivity index (χ0) is 29.1. The zero-order valence-corrected chi connectivity index (χ0v) is 23.4. The number of nitrogens with one attached hydrogen (secondary N) is 3. The lowest BCUT2D eigenvalue weighted by atomic mass is 9.85. The molecule has 5 N–H and O–H groups in total. The van der Waals surface area contributed by atoms with E-state index >= 15 is 0 Å². The van der Waals surface area contributed by atoms with E-state index in [0.717, 1.165) is 11.1 Å². The van der Waals surface area contributed by atoms with Crippen molar-refractivity contribution in [2.24, 2.45) is 11.8 Å². The molecule has 0 spiro atoms. The van der Waals surface area contributed by atoms with Gasteiger partial charge in [0, 0.05) is 16.0 Å². The first-order valence-electron chi connectivity index (χ1n) is 12.7. The molecule has 0 bridgehead atoms. The van der Waals surface area contributed by atoms with Crippen LogP contribution in [-0.4, -0.2) is 58.1 Å². The summed E-state index contributed by atoms with van der Waals surface area (Å²) in [7, 11) is 0. The van der Waals surface area contributed by atoms with Gasteiger partial charge in [-0.25, -0.2) is 0 Å². The molecule has 0 aliphatic heterocycles. The lowest BCUT2D eigenvalue weighted by Gasteiger charge is -2.25. The number of Topliss-reactive ketones (excluding diaryl/α,β-unsaturated/α-hetero) is 2. The van der Waals surface area contributed by atoms with Gasteiger partial charge in [0.05, 0.1) is 5.69 Å². The van der Waals surface area contributed by atoms with E-state index < -0.39 is 60.5 Å². The van der Waals surface area contributed by atoms with Gasteiger partial charge in [0.15, 0.2) is 11.6 Å². The van der Waals surface area contributed by atoms with Gasteiger partial charge in [0.2, 0.25) is 11.8 Å². The van der Waals surface area contributed by atoms with Crippen molar-refractivity contribution < 1.29 is 33.8 Å². The van der Waals surface area contributed by atoms with Crippen LogP contribution in [0.4, 0.5) is 0 Å². The summed E-state index contributed by atoms with van der Waals surface area (Å²) in [6.07, 6.45) is 1.46. The first kappa shape index (κ1) is 29.9. The third-order valence-corrected chi connectivity index (χ3v) is 6.87. The molecule has 39 heavy (non-hydrogen) atoms. The van der Waals surface area contributed by atoms with Crippen LogP contribution in [0.5, 0.6) is 5.75 Å². The summed E-state index contributed by atoms with van der Waals surface area (Å²) in [5.74, 6) is -4.32. The molecule has 2 aromatic rings. The van der Waals surface area contributed by atoms with Crippen molar-refractivity contribution >= 4 is 41.0 Å². The van der Waals surface area contributed by atoms with Gasteiger partial charge in [-0.15, -0.1) is 0 Å². The van der Waals surface area contributed by atoms with Crippen LogP contribution in [0.25, 0.3) is 0 Å². The van der Waals surface area contributed by atoms with Crippen LogP contribution in [-0.2, 0) is 31.0 Å². The van der Waals surface area contributed by atoms with E-state index in [1.165, 1.54) is 0 Å². The monoisotopic (exact) mass is 560 g/mol. The molecule has 3 atom stereocenters. The Labute approximate surface area is 231 Å². The van der Waals surface area contributed by atoms with Crippen molar-refractivity contribution in [1.82, 2.24) is 15.6 Å². The highest BCUT2D eigenvalue weighted by Crippen LogP contribution is 2.35. The number of H-pyrrole nitrogens is 1. The number of benzene rings is 1. The van der Waals surface area contributed by atoms with Crippen molar-refractivity contribution in [1.29, 1.82) is 0 Å². The maximum Gasteiger partial charge on any atom is 0.518 e. The Balaban J connectivity index is 1.68. The lowest BCUT2D eigenvalue weighted by Crippen LogP contribution is -2.55. The standard InChI is InChI=1S/C28H34ClN3O7/c1-14(2)23(32-26(37)18-10-17-19(28(3,4)5)12-30-24(17)25(18)36)27(38)31-20(11-22(34)35)21(33)13-39-16-8-6-15(29)7-9-16/h6-9,12,14,18,20,23,30H,10-11,13H2,1-5H3,(H,31,38)(H,32,37)(H,34,35)/p+1. The molecule has 0 saturated carbocycles. The molecule has 1 aromatic heterocycles. The molecule has 0 saturated heterocycles. The van der Waals surface area contributed by atoms with E-state index in [0.29, 0.717) is 16.5 Å². The summed E-state index contributed by atoms with van der Waals surface area (Å²) < 4.78 is 5.43. The third kappa shape index (κ3) is 7.26. The number of hydrogen-bond acceptors (Lipinski definition) is 6. The minimum Gasteiger partial charge on any atom is -0.565 e. The molecular formula is C28H35ClN3O7+. The van der Waals surface area contributed by atoms with Crippen LogP contribution in [0.15, 0.2) is 30.5 Å². The number of carbonyl (C=O) groups is 5. The fraction of sp³-hybridized carbons (Fsp3) is 0.464. The van der Waals surface area contributed by atoms with Gasteiger partial charge in [-0.2, -0.15) is 0 Å². The summed E-state index contributed by atoms with van der Waals surface area (Å²) in [6.45, 7) is 9.02. The van der Waals surface area contributed by atoms with Crippen LogP contribution in [0, 0.1) is 11.8 Å². The fourth-order valence-electron chi connectivity index (χ4n) is 4.50. The predicted molar refractivity (Wildman–Crippen MR) is 145 cm³/mol. The van der Waals surface area contributed by atoms with Crippen molar-refractivity contribution in [3.8, 4) is 5.75 Å². The second-order valence-electron chi connectivity index (χ2n) is 11.1. The molecule has 11 heteroatoms. The minimum absolute atomic E-state index is 0.218. The Kier molecular flexibility index (Phi) is 9.22. The molecular weight excluding hydrogens is 526 g/mol. The first-order chi connectivity index (χ1) is 18.2. The normalized spacial score (nSPS) is 16.4. The first-order valence-corrected chi connectivity index (χ1v) is 13.1. The summed E-state index contributed by atoms with van der Waals surface area (Å²) in [4.78, 5) is 66.6. The number of rotatable bonds is 11. The topological polar surface area (TPSA) is 157 Å². The number of ketones is 2. The van der Waals surface area contributed by atoms with Gasteiger partial charge in [-0.1, -0.05) is 46.2 Å².